The largest absolute Gasteiger partial charge is 0.377 e. The van der Waals surface area contributed by atoms with Crippen molar-refractivity contribution >= 4 is 22.7 Å². The summed E-state index contributed by atoms with van der Waals surface area (Å²) in [5.41, 5.74) is 1.76. The van der Waals surface area contributed by atoms with Crippen LogP contribution in [0.3, 0.4) is 0 Å². The Hall–Kier alpha value is -1.88. The van der Waals surface area contributed by atoms with Gasteiger partial charge in [-0.05, 0) is 36.9 Å². The maximum Gasteiger partial charge on any atom is 0.272 e. The molecule has 2 rings (SSSR count). The molecule has 5 heteroatoms. The van der Waals surface area contributed by atoms with Crippen molar-refractivity contribution in [2.24, 2.45) is 0 Å². The first-order chi connectivity index (χ1) is 9.11. The van der Waals surface area contributed by atoms with Crippen molar-refractivity contribution in [3.63, 3.8) is 0 Å². The lowest BCUT2D eigenvalue weighted by atomic mass is 10.1. The van der Waals surface area contributed by atoms with E-state index in [0.29, 0.717) is 5.56 Å². The van der Waals surface area contributed by atoms with Crippen LogP contribution in [-0.4, -0.2) is 4.92 Å². The highest BCUT2D eigenvalue weighted by Gasteiger charge is 2.13. The Morgan fingerprint density at radius 2 is 2.21 bits per heavy atom. The van der Waals surface area contributed by atoms with Crippen LogP contribution in [0, 0.1) is 17.0 Å². The van der Waals surface area contributed by atoms with E-state index in [1.54, 1.807) is 30.4 Å². The van der Waals surface area contributed by atoms with E-state index in [1.165, 1.54) is 4.88 Å². The number of anilines is 1. The molecule has 0 aliphatic heterocycles. The Labute approximate surface area is 116 Å². The number of nitro groups is 1. The summed E-state index contributed by atoms with van der Waals surface area (Å²) in [5.74, 6) is 0. The highest BCUT2D eigenvalue weighted by atomic mass is 32.1. The van der Waals surface area contributed by atoms with Crippen LogP contribution >= 0.6 is 11.3 Å². The summed E-state index contributed by atoms with van der Waals surface area (Å²) < 4.78 is 0. The van der Waals surface area contributed by atoms with Crippen molar-refractivity contribution in [2.45, 2.75) is 26.3 Å². The Morgan fingerprint density at radius 1 is 1.42 bits per heavy atom. The first-order valence-electron chi connectivity index (χ1n) is 6.16. The fraction of sp³-hybridized carbons (Fsp3) is 0.286. The molecule has 1 unspecified atom stereocenters. The number of thiophene rings is 1. The molecule has 0 bridgehead atoms. The van der Waals surface area contributed by atoms with Crippen molar-refractivity contribution in [1.29, 1.82) is 0 Å². The van der Waals surface area contributed by atoms with E-state index in [9.17, 15) is 10.1 Å². The quantitative estimate of drug-likeness (QED) is 0.645. The van der Waals surface area contributed by atoms with Gasteiger partial charge in [0.25, 0.3) is 5.69 Å². The van der Waals surface area contributed by atoms with Gasteiger partial charge in [0.15, 0.2) is 0 Å². The van der Waals surface area contributed by atoms with E-state index < -0.39 is 0 Å². The molecule has 1 N–H and O–H groups in total. The molecule has 1 aromatic heterocycles. The van der Waals surface area contributed by atoms with E-state index in [1.807, 2.05) is 12.1 Å². The van der Waals surface area contributed by atoms with E-state index in [2.05, 4.69) is 23.7 Å². The van der Waals surface area contributed by atoms with Crippen molar-refractivity contribution in [3.8, 4) is 0 Å². The van der Waals surface area contributed by atoms with Crippen LogP contribution < -0.4 is 5.32 Å². The molecule has 0 saturated heterocycles. The summed E-state index contributed by atoms with van der Waals surface area (Å²) in [4.78, 5) is 11.7. The molecule has 0 aliphatic rings. The summed E-state index contributed by atoms with van der Waals surface area (Å²) >= 11 is 1.72. The Kier molecular flexibility index (Phi) is 4.16. The van der Waals surface area contributed by atoms with Crippen molar-refractivity contribution in [3.05, 3.63) is 56.3 Å². The number of aryl methyl sites for hydroxylation is 1. The zero-order valence-electron chi connectivity index (χ0n) is 10.9. The second-order valence-electron chi connectivity index (χ2n) is 4.38. The molecule has 0 amide bonds. The zero-order valence-corrected chi connectivity index (χ0v) is 11.7. The Bertz CT molecular complexity index is 567. The average Bonchev–Trinajstić information content (AvgIpc) is 2.89. The molecular formula is C14H16N2O2S. The maximum atomic E-state index is 10.8. The highest BCUT2D eigenvalue weighted by Crippen LogP contribution is 2.28. The van der Waals surface area contributed by atoms with Gasteiger partial charge in [-0.1, -0.05) is 13.0 Å². The van der Waals surface area contributed by atoms with Crippen LogP contribution in [0.5, 0.6) is 0 Å². The van der Waals surface area contributed by atoms with Crippen LogP contribution in [0.25, 0.3) is 0 Å². The third kappa shape index (κ3) is 3.12. The molecule has 2 aromatic rings. The summed E-state index contributed by atoms with van der Waals surface area (Å²) in [7, 11) is 0. The van der Waals surface area contributed by atoms with E-state index in [4.69, 9.17) is 0 Å². The number of nitrogens with zero attached hydrogens (tertiary/aromatic N) is 1. The molecule has 0 aliphatic carbocycles. The Balaban J connectivity index is 2.19. The maximum absolute atomic E-state index is 10.8. The molecule has 1 aromatic carbocycles. The fourth-order valence-corrected chi connectivity index (χ4v) is 2.88. The van der Waals surface area contributed by atoms with Gasteiger partial charge in [0.1, 0.15) is 0 Å². The van der Waals surface area contributed by atoms with Crippen LogP contribution in [0.1, 0.15) is 29.8 Å². The van der Waals surface area contributed by atoms with Gasteiger partial charge in [0.05, 0.1) is 11.0 Å². The zero-order chi connectivity index (χ0) is 13.8. The lowest BCUT2D eigenvalue weighted by molar-refractivity contribution is -0.385. The number of hydrogen-bond acceptors (Lipinski definition) is 4. The molecule has 1 heterocycles. The average molecular weight is 276 g/mol. The summed E-state index contributed by atoms with van der Waals surface area (Å²) in [6, 6.07) is 9.53. The summed E-state index contributed by atoms with van der Waals surface area (Å²) in [6.45, 7) is 3.88. The minimum absolute atomic E-state index is 0.162. The summed E-state index contributed by atoms with van der Waals surface area (Å²) in [6.07, 6.45) is 0.969. The topological polar surface area (TPSA) is 55.2 Å². The SMILES string of the molecule is CCC(Nc1ccc([N+](=O)[O-])c(C)c1)c1cccs1. The Morgan fingerprint density at radius 3 is 2.74 bits per heavy atom. The number of nitrogens with one attached hydrogen (secondary N) is 1. The first-order valence-corrected chi connectivity index (χ1v) is 7.04. The van der Waals surface area contributed by atoms with Crippen LogP contribution in [0.4, 0.5) is 11.4 Å². The minimum atomic E-state index is -0.352. The second kappa shape index (κ2) is 5.84. The molecule has 0 spiro atoms. The molecule has 1 atom stereocenters. The minimum Gasteiger partial charge on any atom is -0.377 e. The molecule has 19 heavy (non-hydrogen) atoms. The van der Waals surface area contributed by atoms with E-state index in [-0.39, 0.29) is 16.7 Å². The third-order valence-corrected chi connectivity index (χ3v) is 4.02. The van der Waals surface area contributed by atoms with E-state index in [0.717, 1.165) is 12.1 Å². The normalized spacial score (nSPS) is 12.1. The lowest BCUT2D eigenvalue weighted by Gasteiger charge is -2.17. The van der Waals surface area contributed by atoms with Crippen LogP contribution in [-0.2, 0) is 0 Å². The number of hydrogen-bond donors (Lipinski definition) is 1. The third-order valence-electron chi connectivity index (χ3n) is 3.03. The van der Waals surface area contributed by atoms with Crippen LogP contribution in [0.2, 0.25) is 0 Å². The van der Waals surface area contributed by atoms with Gasteiger partial charge in [0, 0.05) is 22.2 Å². The van der Waals surface area contributed by atoms with Gasteiger partial charge in [-0.25, -0.2) is 0 Å². The van der Waals surface area contributed by atoms with Crippen molar-refractivity contribution in [1.82, 2.24) is 0 Å². The monoisotopic (exact) mass is 276 g/mol. The van der Waals surface area contributed by atoms with Gasteiger partial charge in [0.2, 0.25) is 0 Å². The molecule has 100 valence electrons. The molecular weight excluding hydrogens is 260 g/mol. The standard InChI is InChI=1S/C14H16N2O2S/c1-3-12(14-5-4-8-19-14)15-11-6-7-13(16(17)18)10(2)9-11/h4-9,12,15H,3H2,1-2H3. The second-order valence-corrected chi connectivity index (χ2v) is 5.36. The number of nitro benzene ring substituents is 1. The van der Waals surface area contributed by atoms with Gasteiger partial charge in [-0.2, -0.15) is 0 Å². The molecule has 0 fully saturated rings. The van der Waals surface area contributed by atoms with Crippen LogP contribution in [0.15, 0.2) is 35.7 Å². The predicted molar refractivity (Wildman–Crippen MR) is 78.8 cm³/mol. The lowest BCUT2D eigenvalue weighted by Crippen LogP contribution is -2.08. The van der Waals surface area contributed by atoms with Gasteiger partial charge in [-0.15, -0.1) is 11.3 Å². The predicted octanol–water partition coefficient (Wildman–Crippen LogP) is 4.53. The first kappa shape index (κ1) is 13.5. The highest BCUT2D eigenvalue weighted by molar-refractivity contribution is 7.10. The molecule has 0 saturated carbocycles. The molecule has 4 nitrogen and oxygen atoms in total. The van der Waals surface area contributed by atoms with E-state index >= 15 is 0 Å². The number of rotatable bonds is 5. The number of benzene rings is 1. The van der Waals surface area contributed by atoms with Gasteiger partial charge in [-0.3, -0.25) is 10.1 Å². The smallest absolute Gasteiger partial charge is 0.272 e. The van der Waals surface area contributed by atoms with Gasteiger partial charge < -0.3 is 5.32 Å². The molecule has 0 radical (unpaired) electrons. The summed E-state index contributed by atoms with van der Waals surface area (Å²) in [5, 5.41) is 16.3. The van der Waals surface area contributed by atoms with Gasteiger partial charge >= 0.3 is 0 Å². The van der Waals surface area contributed by atoms with Crippen molar-refractivity contribution < 1.29 is 4.92 Å². The fourth-order valence-electron chi connectivity index (χ4n) is 2.02. The van der Waals surface area contributed by atoms with Crippen molar-refractivity contribution in [2.75, 3.05) is 5.32 Å².